The van der Waals surface area contributed by atoms with Crippen LogP contribution in [0.1, 0.15) is 43.0 Å². The van der Waals surface area contributed by atoms with Crippen LogP contribution in [0.25, 0.3) is 0 Å². The molecular formula is C19H27NO6. The fourth-order valence-corrected chi connectivity index (χ4v) is 3.09. The third-order valence-electron chi connectivity index (χ3n) is 4.62. The molecule has 1 saturated carbocycles. The average molecular weight is 365 g/mol. The highest BCUT2D eigenvalue weighted by Gasteiger charge is 2.21. The summed E-state index contributed by atoms with van der Waals surface area (Å²) in [6.07, 6.45) is 4.15. The number of methoxy groups -OCH3 is 3. The van der Waals surface area contributed by atoms with Gasteiger partial charge in [0.1, 0.15) is 0 Å². The summed E-state index contributed by atoms with van der Waals surface area (Å²) in [4.78, 5) is 24.3. The third kappa shape index (κ3) is 5.03. The van der Waals surface area contributed by atoms with Gasteiger partial charge in [-0.05, 0) is 43.7 Å². The second-order valence-electron chi connectivity index (χ2n) is 6.51. The third-order valence-corrected chi connectivity index (χ3v) is 4.62. The zero-order valence-corrected chi connectivity index (χ0v) is 15.8. The van der Waals surface area contributed by atoms with Crippen LogP contribution < -0.4 is 19.5 Å². The van der Waals surface area contributed by atoms with Crippen LogP contribution in [0.15, 0.2) is 12.1 Å². The first-order chi connectivity index (χ1) is 12.5. The van der Waals surface area contributed by atoms with Gasteiger partial charge in [-0.1, -0.05) is 6.92 Å². The molecule has 7 heteroatoms. The molecule has 1 fully saturated rings. The van der Waals surface area contributed by atoms with Gasteiger partial charge in [-0.2, -0.15) is 0 Å². The SMILES string of the molecule is COc1cc(C(=O)OCC(=O)NC2CCC(C)CC2)cc(OC)c1OC. The predicted octanol–water partition coefficient (Wildman–Crippen LogP) is 2.56. The zero-order valence-electron chi connectivity index (χ0n) is 15.8. The largest absolute Gasteiger partial charge is 0.493 e. The fraction of sp³-hybridized carbons (Fsp3) is 0.579. The maximum atomic E-state index is 12.3. The number of ether oxygens (including phenoxy) is 4. The van der Waals surface area contributed by atoms with Gasteiger partial charge >= 0.3 is 5.97 Å². The average Bonchev–Trinajstić information content (AvgIpc) is 2.66. The van der Waals surface area contributed by atoms with Gasteiger partial charge in [-0.25, -0.2) is 4.79 Å². The van der Waals surface area contributed by atoms with E-state index in [4.69, 9.17) is 18.9 Å². The summed E-state index contributed by atoms with van der Waals surface area (Å²) in [6.45, 7) is 1.90. The van der Waals surface area contributed by atoms with E-state index in [2.05, 4.69) is 12.2 Å². The van der Waals surface area contributed by atoms with E-state index >= 15 is 0 Å². The fourth-order valence-electron chi connectivity index (χ4n) is 3.09. The number of benzene rings is 1. The molecule has 7 nitrogen and oxygen atoms in total. The Balaban J connectivity index is 1.94. The molecule has 1 N–H and O–H groups in total. The zero-order chi connectivity index (χ0) is 19.1. The maximum absolute atomic E-state index is 12.3. The van der Waals surface area contributed by atoms with Gasteiger partial charge in [0.2, 0.25) is 5.75 Å². The molecule has 0 bridgehead atoms. The van der Waals surface area contributed by atoms with Crippen molar-refractivity contribution >= 4 is 11.9 Å². The van der Waals surface area contributed by atoms with Gasteiger partial charge in [0.25, 0.3) is 5.91 Å². The Bertz CT molecular complexity index is 612. The van der Waals surface area contributed by atoms with E-state index < -0.39 is 5.97 Å². The molecular weight excluding hydrogens is 338 g/mol. The molecule has 0 radical (unpaired) electrons. The molecule has 2 rings (SSSR count). The van der Waals surface area contributed by atoms with Crippen molar-refractivity contribution in [2.45, 2.75) is 38.6 Å². The van der Waals surface area contributed by atoms with E-state index in [0.717, 1.165) is 25.7 Å². The summed E-state index contributed by atoms with van der Waals surface area (Å²) in [5.74, 6) is 0.873. The molecule has 0 saturated heterocycles. The number of nitrogens with one attached hydrogen (secondary N) is 1. The van der Waals surface area contributed by atoms with Gasteiger partial charge in [-0.15, -0.1) is 0 Å². The molecule has 0 atom stereocenters. The molecule has 0 spiro atoms. The van der Waals surface area contributed by atoms with Crippen molar-refractivity contribution in [1.82, 2.24) is 5.32 Å². The summed E-state index contributed by atoms with van der Waals surface area (Å²) in [6, 6.07) is 3.15. The summed E-state index contributed by atoms with van der Waals surface area (Å²) in [5, 5.41) is 2.92. The molecule has 1 amide bonds. The number of amides is 1. The van der Waals surface area contributed by atoms with Crippen molar-refractivity contribution in [3.05, 3.63) is 17.7 Å². The van der Waals surface area contributed by atoms with E-state index in [1.165, 1.54) is 33.5 Å². The van der Waals surface area contributed by atoms with Crippen molar-refractivity contribution in [3.63, 3.8) is 0 Å². The lowest BCUT2D eigenvalue weighted by Crippen LogP contribution is -2.39. The Hall–Kier alpha value is -2.44. The highest BCUT2D eigenvalue weighted by atomic mass is 16.5. The molecule has 0 aliphatic heterocycles. The smallest absolute Gasteiger partial charge is 0.338 e. The van der Waals surface area contributed by atoms with Crippen LogP contribution in [0.5, 0.6) is 17.2 Å². The first-order valence-corrected chi connectivity index (χ1v) is 8.75. The predicted molar refractivity (Wildman–Crippen MR) is 95.9 cm³/mol. The molecule has 1 aliphatic rings. The van der Waals surface area contributed by atoms with Crippen molar-refractivity contribution in [2.75, 3.05) is 27.9 Å². The molecule has 1 aromatic rings. The number of carbonyl (C=O) groups excluding carboxylic acids is 2. The van der Waals surface area contributed by atoms with E-state index in [1.807, 2.05) is 0 Å². The molecule has 0 aromatic heterocycles. The van der Waals surface area contributed by atoms with Crippen LogP contribution in [0.4, 0.5) is 0 Å². The lowest BCUT2D eigenvalue weighted by molar-refractivity contribution is -0.125. The number of hydrogen-bond donors (Lipinski definition) is 1. The second-order valence-corrected chi connectivity index (χ2v) is 6.51. The van der Waals surface area contributed by atoms with Gasteiger partial charge < -0.3 is 24.3 Å². The molecule has 1 aliphatic carbocycles. The van der Waals surface area contributed by atoms with Crippen LogP contribution in [0.3, 0.4) is 0 Å². The maximum Gasteiger partial charge on any atom is 0.338 e. The first kappa shape index (κ1) is 19.9. The molecule has 144 valence electrons. The summed E-state index contributed by atoms with van der Waals surface area (Å²) in [5.41, 5.74) is 0.221. The van der Waals surface area contributed by atoms with Gasteiger partial charge in [0, 0.05) is 6.04 Å². The minimum Gasteiger partial charge on any atom is -0.493 e. The molecule has 0 unspecified atom stereocenters. The number of rotatable bonds is 7. The van der Waals surface area contributed by atoms with Crippen molar-refractivity contribution in [3.8, 4) is 17.2 Å². The standard InChI is InChI=1S/C19H27NO6/c1-12-5-7-14(8-6-12)20-17(21)11-26-19(22)13-9-15(23-2)18(25-4)16(10-13)24-3/h9-10,12,14H,5-8,11H2,1-4H3,(H,20,21). The lowest BCUT2D eigenvalue weighted by Gasteiger charge is -2.26. The highest BCUT2D eigenvalue weighted by Crippen LogP contribution is 2.38. The minimum absolute atomic E-state index is 0.165. The van der Waals surface area contributed by atoms with Crippen LogP contribution in [-0.2, 0) is 9.53 Å². The summed E-state index contributed by atoms with van der Waals surface area (Å²) in [7, 11) is 4.41. The topological polar surface area (TPSA) is 83.1 Å². The number of esters is 1. The van der Waals surface area contributed by atoms with Crippen LogP contribution >= 0.6 is 0 Å². The number of hydrogen-bond acceptors (Lipinski definition) is 6. The molecule has 0 heterocycles. The van der Waals surface area contributed by atoms with Crippen LogP contribution in [-0.4, -0.2) is 45.9 Å². The van der Waals surface area contributed by atoms with Crippen LogP contribution in [0, 0.1) is 5.92 Å². The van der Waals surface area contributed by atoms with E-state index in [0.29, 0.717) is 23.2 Å². The van der Waals surface area contributed by atoms with E-state index in [9.17, 15) is 9.59 Å². The Morgan fingerprint density at radius 2 is 1.58 bits per heavy atom. The summed E-state index contributed by atoms with van der Waals surface area (Å²) < 4.78 is 20.8. The van der Waals surface area contributed by atoms with Crippen molar-refractivity contribution in [1.29, 1.82) is 0 Å². The van der Waals surface area contributed by atoms with Gasteiger partial charge in [-0.3, -0.25) is 4.79 Å². The monoisotopic (exact) mass is 365 g/mol. The Labute approximate surface area is 153 Å². The van der Waals surface area contributed by atoms with Gasteiger partial charge in [0.15, 0.2) is 18.1 Å². The van der Waals surface area contributed by atoms with Crippen molar-refractivity contribution < 1.29 is 28.5 Å². The van der Waals surface area contributed by atoms with Gasteiger partial charge in [0.05, 0.1) is 26.9 Å². The Morgan fingerprint density at radius 3 is 2.08 bits per heavy atom. The van der Waals surface area contributed by atoms with Crippen molar-refractivity contribution in [2.24, 2.45) is 5.92 Å². The molecule has 26 heavy (non-hydrogen) atoms. The minimum atomic E-state index is -0.628. The Morgan fingerprint density at radius 1 is 1.00 bits per heavy atom. The lowest BCUT2D eigenvalue weighted by atomic mass is 9.87. The van der Waals surface area contributed by atoms with E-state index in [1.54, 1.807) is 0 Å². The highest BCUT2D eigenvalue weighted by molar-refractivity contribution is 5.92. The summed E-state index contributed by atoms with van der Waals surface area (Å²) >= 11 is 0. The van der Waals surface area contributed by atoms with Crippen LogP contribution in [0.2, 0.25) is 0 Å². The normalized spacial score (nSPS) is 19.4. The van der Waals surface area contributed by atoms with E-state index in [-0.39, 0.29) is 24.1 Å². The number of carbonyl (C=O) groups is 2. The molecule has 1 aromatic carbocycles. The first-order valence-electron chi connectivity index (χ1n) is 8.75. The quantitative estimate of drug-likeness (QED) is 0.748. The second kappa shape index (κ2) is 9.31. The Kier molecular flexibility index (Phi) is 7.12.